The van der Waals surface area contributed by atoms with Gasteiger partial charge in [-0.2, -0.15) is 0 Å². The van der Waals surface area contributed by atoms with Crippen LogP contribution in [0.15, 0.2) is 23.8 Å². The second-order valence-corrected chi connectivity index (χ2v) is 5.80. The molecule has 1 N–H and O–H groups in total. The highest BCUT2D eigenvalue weighted by Crippen LogP contribution is 2.37. The molecule has 1 heterocycles. The molecule has 1 aliphatic heterocycles. The van der Waals surface area contributed by atoms with Gasteiger partial charge in [-0.1, -0.05) is 6.92 Å². The molecule has 146 valence electrons. The van der Waals surface area contributed by atoms with Crippen LogP contribution in [0.1, 0.15) is 32.8 Å². The zero-order valence-corrected chi connectivity index (χ0v) is 16.1. The summed E-state index contributed by atoms with van der Waals surface area (Å²) in [5.41, 5.74) is 0.766. The number of rotatable bonds is 6. The Bertz CT molecular complexity index is 786. The number of hydrogen-bond donors (Lipinski definition) is 1. The van der Waals surface area contributed by atoms with Crippen molar-refractivity contribution in [2.24, 2.45) is 0 Å². The van der Waals surface area contributed by atoms with E-state index >= 15 is 0 Å². The van der Waals surface area contributed by atoms with Crippen molar-refractivity contribution in [3.63, 3.8) is 0 Å². The predicted molar refractivity (Wildman–Crippen MR) is 98.2 cm³/mol. The average Bonchev–Trinajstić information content (AvgIpc) is 2.66. The highest BCUT2D eigenvalue weighted by atomic mass is 16.5. The van der Waals surface area contributed by atoms with Crippen molar-refractivity contribution in [2.75, 3.05) is 20.8 Å². The number of amides is 3. The van der Waals surface area contributed by atoms with Gasteiger partial charge in [0.25, 0.3) is 0 Å². The van der Waals surface area contributed by atoms with Crippen molar-refractivity contribution in [1.29, 1.82) is 0 Å². The molecule has 1 aliphatic rings. The molecule has 0 spiro atoms. The SMILES string of the molecule is CCOC(=O)C1=C(c2ccc(OC)cc2OC)N(C(=O)CC)C(=O)NC1C. The molecule has 27 heavy (non-hydrogen) atoms. The fourth-order valence-electron chi connectivity index (χ4n) is 2.89. The van der Waals surface area contributed by atoms with Gasteiger partial charge in [0.05, 0.1) is 38.1 Å². The smallest absolute Gasteiger partial charge is 0.338 e. The third kappa shape index (κ3) is 3.89. The summed E-state index contributed by atoms with van der Waals surface area (Å²) in [6.45, 7) is 5.15. The number of hydrogen-bond acceptors (Lipinski definition) is 6. The lowest BCUT2D eigenvalue weighted by molar-refractivity contribution is -0.138. The van der Waals surface area contributed by atoms with Gasteiger partial charge in [-0.25, -0.2) is 14.5 Å². The van der Waals surface area contributed by atoms with E-state index in [9.17, 15) is 14.4 Å². The van der Waals surface area contributed by atoms with Gasteiger partial charge in [-0.3, -0.25) is 4.79 Å². The van der Waals surface area contributed by atoms with Crippen molar-refractivity contribution >= 4 is 23.6 Å². The first kappa shape index (κ1) is 20.3. The van der Waals surface area contributed by atoms with Crippen LogP contribution in [0.3, 0.4) is 0 Å². The second-order valence-electron chi connectivity index (χ2n) is 5.80. The van der Waals surface area contributed by atoms with Crippen molar-refractivity contribution in [3.05, 3.63) is 29.3 Å². The lowest BCUT2D eigenvalue weighted by Gasteiger charge is -2.34. The molecule has 1 aromatic carbocycles. The number of urea groups is 1. The summed E-state index contributed by atoms with van der Waals surface area (Å²) in [7, 11) is 2.97. The van der Waals surface area contributed by atoms with Crippen molar-refractivity contribution in [3.8, 4) is 11.5 Å². The van der Waals surface area contributed by atoms with E-state index in [2.05, 4.69) is 5.32 Å². The molecule has 0 fully saturated rings. The molecule has 1 unspecified atom stereocenters. The van der Waals surface area contributed by atoms with Gasteiger partial charge >= 0.3 is 12.0 Å². The summed E-state index contributed by atoms with van der Waals surface area (Å²) < 4.78 is 15.8. The van der Waals surface area contributed by atoms with E-state index in [0.717, 1.165) is 4.90 Å². The standard InChI is InChI=1S/C19H24N2O6/c1-6-15(22)21-17(13-9-8-12(25-4)10-14(13)26-5)16(18(23)27-7-2)11(3)20-19(21)24/h8-11H,6-7H2,1-5H3,(H,20,24). The summed E-state index contributed by atoms with van der Waals surface area (Å²) >= 11 is 0. The number of ether oxygens (including phenoxy) is 3. The number of nitrogens with one attached hydrogen (secondary N) is 1. The normalized spacial score (nSPS) is 16.7. The molecule has 3 amide bonds. The van der Waals surface area contributed by atoms with Gasteiger partial charge in [0.15, 0.2) is 0 Å². The number of methoxy groups -OCH3 is 2. The molecule has 2 rings (SSSR count). The molecule has 1 atom stereocenters. The van der Waals surface area contributed by atoms with Crippen LogP contribution in [0.2, 0.25) is 0 Å². The van der Waals surface area contributed by atoms with Crippen LogP contribution >= 0.6 is 0 Å². The maximum absolute atomic E-state index is 12.6. The van der Waals surface area contributed by atoms with Gasteiger partial charge < -0.3 is 19.5 Å². The van der Waals surface area contributed by atoms with Gasteiger partial charge in [0, 0.05) is 18.1 Å². The Morgan fingerprint density at radius 2 is 1.89 bits per heavy atom. The lowest BCUT2D eigenvalue weighted by Crippen LogP contribution is -2.52. The second kappa shape index (κ2) is 8.57. The minimum absolute atomic E-state index is 0.0832. The summed E-state index contributed by atoms with van der Waals surface area (Å²) in [6.07, 6.45) is 0.0832. The Morgan fingerprint density at radius 3 is 2.44 bits per heavy atom. The Hall–Kier alpha value is -3.03. The third-order valence-corrected chi connectivity index (χ3v) is 4.17. The maximum Gasteiger partial charge on any atom is 0.338 e. The predicted octanol–water partition coefficient (Wildman–Crippen LogP) is 2.33. The van der Waals surface area contributed by atoms with Crippen molar-refractivity contribution in [2.45, 2.75) is 33.2 Å². The maximum atomic E-state index is 12.6. The lowest BCUT2D eigenvalue weighted by atomic mass is 9.96. The molecule has 0 saturated carbocycles. The Labute approximate surface area is 158 Å². The van der Waals surface area contributed by atoms with E-state index in [-0.39, 0.29) is 24.3 Å². The first-order chi connectivity index (χ1) is 12.9. The van der Waals surface area contributed by atoms with E-state index in [0.29, 0.717) is 17.1 Å². The first-order valence-electron chi connectivity index (χ1n) is 8.66. The fourth-order valence-corrected chi connectivity index (χ4v) is 2.89. The van der Waals surface area contributed by atoms with Crippen LogP contribution in [0.25, 0.3) is 5.70 Å². The zero-order chi connectivity index (χ0) is 20.1. The molecular weight excluding hydrogens is 352 g/mol. The molecule has 8 heteroatoms. The Balaban J connectivity index is 2.81. The fraction of sp³-hybridized carbons (Fsp3) is 0.421. The van der Waals surface area contributed by atoms with E-state index in [1.54, 1.807) is 39.0 Å². The quantitative estimate of drug-likeness (QED) is 0.766. The minimum Gasteiger partial charge on any atom is -0.497 e. The Morgan fingerprint density at radius 1 is 1.19 bits per heavy atom. The molecular formula is C19H24N2O6. The largest absolute Gasteiger partial charge is 0.497 e. The molecule has 0 radical (unpaired) electrons. The number of imide groups is 1. The molecule has 0 bridgehead atoms. The summed E-state index contributed by atoms with van der Waals surface area (Å²) in [5, 5.41) is 2.64. The molecule has 8 nitrogen and oxygen atoms in total. The van der Waals surface area contributed by atoms with E-state index in [1.165, 1.54) is 14.2 Å². The Kier molecular flexibility index (Phi) is 6.44. The van der Waals surface area contributed by atoms with E-state index in [4.69, 9.17) is 14.2 Å². The number of carbonyl (C=O) groups is 3. The monoisotopic (exact) mass is 376 g/mol. The topological polar surface area (TPSA) is 94.2 Å². The van der Waals surface area contributed by atoms with Crippen LogP contribution in [-0.4, -0.2) is 49.7 Å². The molecule has 0 saturated heterocycles. The zero-order valence-electron chi connectivity index (χ0n) is 16.1. The average molecular weight is 376 g/mol. The van der Waals surface area contributed by atoms with Gasteiger partial charge in [-0.05, 0) is 26.0 Å². The van der Waals surface area contributed by atoms with Gasteiger partial charge in [0.2, 0.25) is 5.91 Å². The van der Waals surface area contributed by atoms with Crippen molar-refractivity contribution < 1.29 is 28.6 Å². The van der Waals surface area contributed by atoms with Crippen molar-refractivity contribution in [1.82, 2.24) is 10.2 Å². The van der Waals surface area contributed by atoms with Crippen LogP contribution in [0.5, 0.6) is 11.5 Å². The summed E-state index contributed by atoms with van der Waals surface area (Å²) in [4.78, 5) is 38.7. The van der Waals surface area contributed by atoms with Crippen LogP contribution in [0, 0.1) is 0 Å². The molecule has 0 aliphatic carbocycles. The first-order valence-corrected chi connectivity index (χ1v) is 8.66. The van der Waals surface area contributed by atoms with Crippen LogP contribution < -0.4 is 14.8 Å². The minimum atomic E-state index is -0.640. The van der Waals surface area contributed by atoms with Gasteiger partial charge in [0.1, 0.15) is 11.5 Å². The highest BCUT2D eigenvalue weighted by molar-refractivity contribution is 6.12. The van der Waals surface area contributed by atoms with Gasteiger partial charge in [-0.15, -0.1) is 0 Å². The molecule has 0 aromatic heterocycles. The van der Waals surface area contributed by atoms with Crippen LogP contribution in [0.4, 0.5) is 4.79 Å². The van der Waals surface area contributed by atoms with E-state index in [1.807, 2.05) is 0 Å². The number of carbonyl (C=O) groups excluding carboxylic acids is 3. The van der Waals surface area contributed by atoms with Crippen LogP contribution in [-0.2, 0) is 14.3 Å². The third-order valence-electron chi connectivity index (χ3n) is 4.17. The summed E-state index contributed by atoms with van der Waals surface area (Å²) in [5.74, 6) is -0.154. The highest BCUT2D eigenvalue weighted by Gasteiger charge is 2.39. The summed E-state index contributed by atoms with van der Waals surface area (Å²) in [6, 6.07) is 3.69. The number of benzene rings is 1. The number of nitrogens with zero attached hydrogens (tertiary/aromatic N) is 1. The van der Waals surface area contributed by atoms with E-state index < -0.39 is 23.9 Å². The number of esters is 1. The molecule has 1 aromatic rings.